The molecule has 0 saturated carbocycles. The summed E-state index contributed by atoms with van der Waals surface area (Å²) in [4.78, 5) is 0. The molecule has 1 aliphatic heterocycles. The van der Waals surface area contributed by atoms with Crippen LogP contribution in [-0.4, -0.2) is 47.3 Å². The number of rotatable bonds is 4. The van der Waals surface area contributed by atoms with Crippen molar-refractivity contribution in [2.24, 2.45) is 0 Å². The van der Waals surface area contributed by atoms with Gasteiger partial charge in [-0.3, -0.25) is 0 Å². The van der Waals surface area contributed by atoms with E-state index in [9.17, 15) is 0 Å². The van der Waals surface area contributed by atoms with Crippen molar-refractivity contribution in [1.82, 2.24) is 8.46 Å². The second-order valence-electron chi connectivity index (χ2n) is 6.56. The molecule has 0 atom stereocenters. The molecule has 0 aromatic heterocycles. The molecule has 0 spiro atoms. The van der Waals surface area contributed by atoms with Gasteiger partial charge in [-0.25, -0.2) is 0 Å². The van der Waals surface area contributed by atoms with E-state index in [1.54, 1.807) is 0 Å². The summed E-state index contributed by atoms with van der Waals surface area (Å²) in [5.41, 5.74) is 0. The Morgan fingerprint density at radius 2 is 1.00 bits per heavy atom. The summed E-state index contributed by atoms with van der Waals surface area (Å²) >= 11 is 0. The van der Waals surface area contributed by atoms with Crippen molar-refractivity contribution >= 4 is 37.2 Å². The predicted octanol–water partition coefficient (Wildman–Crippen LogP) is 1.83. The first kappa shape index (κ1) is 16.9. The Hall–Kier alpha value is -0.989. The average molecular weight is 353 g/mol. The molecule has 1 aliphatic rings. The predicted molar refractivity (Wildman–Crippen MR) is 103 cm³/mol. The van der Waals surface area contributed by atoms with Gasteiger partial charge in [0.15, 0.2) is 0 Å². The van der Waals surface area contributed by atoms with Crippen molar-refractivity contribution in [3.63, 3.8) is 0 Å². The maximum atomic E-state index is 2.83. The topological polar surface area (TPSA) is 6.48 Å². The molecule has 1 fully saturated rings. The fraction of sp³-hybridized carbons (Fsp3) is 0.333. The van der Waals surface area contributed by atoms with Crippen molar-refractivity contribution in [3.8, 4) is 0 Å². The summed E-state index contributed by atoms with van der Waals surface area (Å²) in [7, 11) is -0.269. The third-order valence-electron chi connectivity index (χ3n) is 4.37. The van der Waals surface area contributed by atoms with Gasteiger partial charge in [0.2, 0.25) is 0 Å². The molecule has 0 aliphatic carbocycles. The first-order valence-corrected chi connectivity index (χ1v) is 13.1. The quantitative estimate of drug-likeness (QED) is 0.775. The van der Waals surface area contributed by atoms with Crippen LogP contribution in [0.1, 0.15) is 27.7 Å². The van der Waals surface area contributed by atoms with Crippen LogP contribution in [-0.2, 0) is 0 Å². The highest BCUT2D eigenvalue weighted by atomic mass is 29.2. The third-order valence-corrected chi connectivity index (χ3v) is 16.4. The summed E-state index contributed by atoms with van der Waals surface area (Å²) in [6.07, 6.45) is 0. The van der Waals surface area contributed by atoms with Crippen LogP contribution in [0.5, 0.6) is 0 Å². The van der Waals surface area contributed by atoms with E-state index in [1.165, 1.54) is 10.4 Å². The maximum Gasteiger partial charge on any atom is 0.259 e. The molecule has 5 heteroatoms. The highest BCUT2D eigenvalue weighted by Gasteiger charge is 2.55. The minimum atomic E-state index is -2.08. The van der Waals surface area contributed by atoms with E-state index in [0.717, 1.165) is 18.4 Å². The van der Waals surface area contributed by atoms with Crippen molar-refractivity contribution in [2.45, 2.75) is 39.8 Å². The SMILES string of the molecule is CC(C)N1[Si][Si]N(C(C)C)[Si]1(c1ccccc1)c1ccccc1. The van der Waals surface area contributed by atoms with Crippen LogP contribution in [0.15, 0.2) is 60.7 Å². The first-order valence-electron chi connectivity index (χ1n) is 8.29. The molecule has 2 nitrogen and oxygen atoms in total. The molecule has 0 unspecified atom stereocenters. The second-order valence-corrected chi connectivity index (χ2v) is 13.7. The van der Waals surface area contributed by atoms with E-state index in [4.69, 9.17) is 0 Å². The molecule has 118 valence electrons. The van der Waals surface area contributed by atoms with Gasteiger partial charge in [-0.1, -0.05) is 88.4 Å². The van der Waals surface area contributed by atoms with Crippen LogP contribution in [0.25, 0.3) is 0 Å². The Kier molecular flexibility index (Phi) is 5.03. The van der Waals surface area contributed by atoms with Gasteiger partial charge in [0.25, 0.3) is 8.40 Å². The standard InChI is InChI=1S/C18H24N2Si3/c1-15(2)19-21-22-20(16(3)4)23(19,17-11-7-5-8-12-17)18-13-9-6-10-14-18/h5-16H,1-4H3. The molecule has 23 heavy (non-hydrogen) atoms. The summed E-state index contributed by atoms with van der Waals surface area (Å²) in [5.74, 6) is 0. The number of nitrogens with zero attached hydrogens (tertiary/aromatic N) is 2. The van der Waals surface area contributed by atoms with E-state index in [-0.39, 0.29) is 0 Å². The smallest absolute Gasteiger partial charge is 0.259 e. The van der Waals surface area contributed by atoms with E-state index in [0.29, 0.717) is 12.1 Å². The molecule has 2 aromatic rings. The molecule has 1 heterocycles. The van der Waals surface area contributed by atoms with Gasteiger partial charge in [0.1, 0.15) is 18.4 Å². The fourth-order valence-electron chi connectivity index (χ4n) is 3.46. The van der Waals surface area contributed by atoms with Crippen LogP contribution in [0.4, 0.5) is 0 Å². The minimum Gasteiger partial charge on any atom is -0.328 e. The Bertz CT molecular complexity index is 574. The van der Waals surface area contributed by atoms with E-state index >= 15 is 0 Å². The lowest BCUT2D eigenvalue weighted by Crippen LogP contribution is -2.77. The van der Waals surface area contributed by atoms with Gasteiger partial charge in [0, 0.05) is 0 Å². The van der Waals surface area contributed by atoms with E-state index < -0.39 is 8.40 Å². The number of benzene rings is 2. The van der Waals surface area contributed by atoms with Gasteiger partial charge < -0.3 is 8.46 Å². The van der Waals surface area contributed by atoms with Gasteiger partial charge in [-0.2, -0.15) is 0 Å². The molecule has 4 radical (unpaired) electrons. The lowest BCUT2D eigenvalue weighted by molar-refractivity contribution is 0.469. The number of hydrogen-bond donors (Lipinski definition) is 0. The maximum absolute atomic E-state index is 2.83. The highest BCUT2D eigenvalue weighted by Crippen LogP contribution is 2.25. The Balaban J connectivity index is 2.28. The van der Waals surface area contributed by atoms with Crippen molar-refractivity contribution in [3.05, 3.63) is 60.7 Å². The van der Waals surface area contributed by atoms with Crippen molar-refractivity contribution in [1.29, 1.82) is 0 Å². The van der Waals surface area contributed by atoms with Crippen molar-refractivity contribution < 1.29 is 0 Å². The third kappa shape index (κ3) is 2.81. The zero-order chi connectivity index (χ0) is 16.4. The summed E-state index contributed by atoms with van der Waals surface area (Å²) in [6.45, 7) is 9.42. The molecule has 1 saturated heterocycles. The van der Waals surface area contributed by atoms with Crippen LogP contribution in [0, 0.1) is 0 Å². The first-order chi connectivity index (χ1) is 11.1. The lowest BCUT2D eigenvalue weighted by atomic mass is 10.4. The summed E-state index contributed by atoms with van der Waals surface area (Å²) in [6, 6.07) is 23.6. The Morgan fingerprint density at radius 1 is 0.652 bits per heavy atom. The fourth-order valence-corrected chi connectivity index (χ4v) is 18.5. The van der Waals surface area contributed by atoms with Crippen molar-refractivity contribution in [2.75, 3.05) is 0 Å². The molecule has 0 amide bonds. The summed E-state index contributed by atoms with van der Waals surface area (Å²) in [5, 5.41) is 3.04. The van der Waals surface area contributed by atoms with Gasteiger partial charge in [0.05, 0.1) is 0 Å². The molecule has 0 bridgehead atoms. The largest absolute Gasteiger partial charge is 0.328 e. The minimum absolute atomic E-state index is 0.566. The van der Waals surface area contributed by atoms with E-state index in [1.807, 2.05) is 0 Å². The zero-order valence-electron chi connectivity index (χ0n) is 14.3. The molecule has 2 aromatic carbocycles. The Labute approximate surface area is 146 Å². The molecule has 3 rings (SSSR count). The van der Waals surface area contributed by atoms with Crippen LogP contribution >= 0.6 is 0 Å². The van der Waals surface area contributed by atoms with Crippen LogP contribution in [0.3, 0.4) is 0 Å². The van der Waals surface area contributed by atoms with E-state index in [2.05, 4.69) is 96.8 Å². The van der Waals surface area contributed by atoms with Crippen LogP contribution in [0.2, 0.25) is 0 Å². The molecular formula is C18H24N2Si3. The summed E-state index contributed by atoms with van der Waals surface area (Å²) < 4.78 is 5.66. The average Bonchev–Trinajstić information content (AvgIpc) is 2.98. The Morgan fingerprint density at radius 3 is 1.30 bits per heavy atom. The normalized spacial score (nSPS) is 18.9. The molecular weight excluding hydrogens is 328 g/mol. The van der Waals surface area contributed by atoms with Gasteiger partial charge >= 0.3 is 0 Å². The zero-order valence-corrected chi connectivity index (χ0v) is 17.3. The monoisotopic (exact) mass is 352 g/mol. The van der Waals surface area contributed by atoms with Gasteiger partial charge in [-0.05, 0) is 22.5 Å². The highest BCUT2D eigenvalue weighted by molar-refractivity contribution is 7.19. The van der Waals surface area contributed by atoms with Gasteiger partial charge in [-0.15, -0.1) is 0 Å². The number of hydrogen-bond acceptors (Lipinski definition) is 2. The van der Waals surface area contributed by atoms with Crippen LogP contribution < -0.4 is 10.4 Å². The molecule has 0 N–H and O–H groups in total. The second kappa shape index (κ2) is 6.86. The lowest BCUT2D eigenvalue weighted by Gasteiger charge is -2.46.